The van der Waals surface area contributed by atoms with Crippen molar-refractivity contribution in [3.8, 4) is 5.88 Å². The van der Waals surface area contributed by atoms with E-state index in [2.05, 4.69) is 15.0 Å². The number of nitrogens with two attached hydrogens (primary N) is 2. The van der Waals surface area contributed by atoms with Crippen molar-refractivity contribution in [2.24, 2.45) is 10.7 Å². The number of halogens is 1. The summed E-state index contributed by atoms with van der Waals surface area (Å²) in [4.78, 5) is 24.8. The molecule has 0 amide bonds. The number of nitrogen functional groups attached to an aromatic ring is 1. The molecule has 4 N–H and O–H groups in total. The van der Waals surface area contributed by atoms with E-state index in [9.17, 15) is 9.18 Å². The summed E-state index contributed by atoms with van der Waals surface area (Å²) in [6.45, 7) is 3.42. The number of allylic oxidation sites excluding steroid dienone is 1. The van der Waals surface area contributed by atoms with E-state index in [-0.39, 0.29) is 41.2 Å². The van der Waals surface area contributed by atoms with Gasteiger partial charge in [0.15, 0.2) is 11.6 Å². The molecular formula is C19H20FN5O3. The lowest BCUT2D eigenvalue weighted by Crippen LogP contribution is -2.30. The monoisotopic (exact) mass is 385 g/mol. The maximum absolute atomic E-state index is 14.5. The van der Waals surface area contributed by atoms with Crippen LogP contribution in [0, 0.1) is 5.82 Å². The third kappa shape index (κ3) is 3.78. The molecule has 0 unspecified atom stereocenters. The van der Waals surface area contributed by atoms with Gasteiger partial charge in [-0.15, -0.1) is 0 Å². The maximum Gasteiger partial charge on any atom is 0.288 e. The number of benzene rings is 1. The predicted molar refractivity (Wildman–Crippen MR) is 101 cm³/mol. The highest BCUT2D eigenvalue weighted by Gasteiger charge is 2.31. The molecule has 1 aromatic heterocycles. The highest BCUT2D eigenvalue weighted by atomic mass is 19.1. The number of amidine groups is 1. The molecule has 1 aromatic carbocycles. The lowest BCUT2D eigenvalue weighted by atomic mass is 9.89. The first kappa shape index (κ1) is 19.3. The number of aliphatic imine (C=N–C) groups is 1. The molecule has 8 nitrogen and oxygen atoms in total. The van der Waals surface area contributed by atoms with Crippen molar-refractivity contribution in [2.45, 2.75) is 25.8 Å². The zero-order valence-electron chi connectivity index (χ0n) is 15.7. The molecule has 1 aliphatic rings. The molecule has 0 spiro atoms. The normalized spacial score (nSPS) is 18.7. The van der Waals surface area contributed by atoms with Gasteiger partial charge in [0.2, 0.25) is 5.88 Å². The standard InChI is InChI=1S/C19H20FN5O3/c1-10-8-19(2,25-18(22)28-10)12-6-11(4-5-13(12)20)7-14(26)16-17(21)24-15(27-3)9-23-16/h4-6,8-9H,7H2,1-3H3,(H2,21,24)(H2,22,25)/t19-/m0/s1. The average Bonchev–Trinajstić information content (AvgIpc) is 2.61. The van der Waals surface area contributed by atoms with E-state index in [4.69, 9.17) is 20.9 Å². The number of methoxy groups -OCH3 is 1. The fourth-order valence-electron chi connectivity index (χ4n) is 3.05. The van der Waals surface area contributed by atoms with Gasteiger partial charge in [0.1, 0.15) is 22.8 Å². The first-order valence-electron chi connectivity index (χ1n) is 8.43. The van der Waals surface area contributed by atoms with E-state index in [1.165, 1.54) is 25.4 Å². The van der Waals surface area contributed by atoms with Gasteiger partial charge in [0, 0.05) is 12.0 Å². The first-order chi connectivity index (χ1) is 13.2. The molecule has 2 heterocycles. The van der Waals surface area contributed by atoms with Crippen LogP contribution in [0.25, 0.3) is 0 Å². The van der Waals surface area contributed by atoms with Gasteiger partial charge < -0.3 is 20.9 Å². The number of rotatable bonds is 5. The second-order valence-electron chi connectivity index (χ2n) is 6.51. The van der Waals surface area contributed by atoms with Gasteiger partial charge in [-0.2, -0.15) is 4.98 Å². The van der Waals surface area contributed by atoms with E-state index in [0.717, 1.165) is 0 Å². The van der Waals surface area contributed by atoms with Crippen molar-refractivity contribution < 1.29 is 18.7 Å². The summed E-state index contributed by atoms with van der Waals surface area (Å²) >= 11 is 0. The molecule has 0 radical (unpaired) electrons. The number of carbonyl (C=O) groups excluding carboxylic acids is 1. The largest absolute Gasteiger partial charge is 0.480 e. The van der Waals surface area contributed by atoms with Crippen LogP contribution in [0.3, 0.4) is 0 Å². The number of nitrogens with zero attached hydrogens (tertiary/aromatic N) is 3. The van der Waals surface area contributed by atoms with Crippen LogP contribution >= 0.6 is 0 Å². The van der Waals surface area contributed by atoms with Crippen molar-refractivity contribution in [1.29, 1.82) is 0 Å². The van der Waals surface area contributed by atoms with Crippen LogP contribution < -0.4 is 16.2 Å². The minimum atomic E-state index is -1.05. The third-order valence-electron chi connectivity index (χ3n) is 4.28. The maximum atomic E-state index is 14.5. The number of carbonyl (C=O) groups is 1. The van der Waals surface area contributed by atoms with Crippen LogP contribution in [0.5, 0.6) is 5.88 Å². The van der Waals surface area contributed by atoms with E-state index in [1.807, 2.05) is 0 Å². The molecule has 0 fully saturated rings. The Morgan fingerprint density at radius 2 is 2.11 bits per heavy atom. The summed E-state index contributed by atoms with van der Waals surface area (Å²) < 4.78 is 24.7. The summed E-state index contributed by atoms with van der Waals surface area (Å²) in [6.07, 6.45) is 2.95. The van der Waals surface area contributed by atoms with Crippen LogP contribution in [-0.2, 0) is 16.7 Å². The number of hydrogen-bond donors (Lipinski definition) is 2. The Balaban J connectivity index is 1.92. The van der Waals surface area contributed by atoms with Crippen molar-refractivity contribution >= 4 is 17.6 Å². The van der Waals surface area contributed by atoms with Gasteiger partial charge in [-0.25, -0.2) is 14.4 Å². The van der Waals surface area contributed by atoms with E-state index in [1.54, 1.807) is 26.0 Å². The number of aromatic nitrogens is 2. The topological polar surface area (TPSA) is 126 Å². The SMILES string of the molecule is COc1cnc(C(=O)Cc2ccc(F)c([C@]3(C)C=C(C)OC(N)=N3)c2)c(N)n1. The van der Waals surface area contributed by atoms with Crippen LogP contribution in [0.1, 0.15) is 35.5 Å². The number of hydrogen-bond acceptors (Lipinski definition) is 8. The van der Waals surface area contributed by atoms with Crippen molar-refractivity contribution in [3.63, 3.8) is 0 Å². The number of ether oxygens (including phenoxy) is 2. The number of ketones is 1. The lowest BCUT2D eigenvalue weighted by molar-refractivity contribution is 0.0988. The van der Waals surface area contributed by atoms with Gasteiger partial charge in [0.05, 0.1) is 13.3 Å². The van der Waals surface area contributed by atoms with Gasteiger partial charge in [-0.05, 0) is 37.6 Å². The smallest absolute Gasteiger partial charge is 0.288 e. The van der Waals surface area contributed by atoms with Crippen LogP contribution in [0.2, 0.25) is 0 Å². The Morgan fingerprint density at radius 3 is 2.75 bits per heavy atom. The first-order valence-corrected chi connectivity index (χ1v) is 8.43. The van der Waals surface area contributed by atoms with Crippen molar-refractivity contribution in [2.75, 3.05) is 12.8 Å². The second kappa shape index (κ2) is 7.26. The van der Waals surface area contributed by atoms with E-state index >= 15 is 0 Å². The molecule has 0 aliphatic carbocycles. The van der Waals surface area contributed by atoms with Gasteiger partial charge in [-0.3, -0.25) is 4.79 Å². The highest BCUT2D eigenvalue weighted by Crippen LogP contribution is 2.34. The summed E-state index contributed by atoms with van der Waals surface area (Å²) in [6, 6.07) is 4.34. The molecule has 28 heavy (non-hydrogen) atoms. The third-order valence-corrected chi connectivity index (χ3v) is 4.28. The van der Waals surface area contributed by atoms with Gasteiger partial charge in [0.25, 0.3) is 6.02 Å². The van der Waals surface area contributed by atoms with Gasteiger partial charge in [-0.1, -0.05) is 6.07 Å². The fourth-order valence-corrected chi connectivity index (χ4v) is 3.05. The Hall–Kier alpha value is -3.49. The Morgan fingerprint density at radius 1 is 1.36 bits per heavy atom. The lowest BCUT2D eigenvalue weighted by Gasteiger charge is -2.27. The Bertz CT molecular complexity index is 985. The molecule has 2 aromatic rings. The Kier molecular flexibility index (Phi) is 5.00. The fraction of sp³-hybridized carbons (Fsp3) is 0.263. The molecule has 146 valence electrons. The molecule has 0 bridgehead atoms. The minimum Gasteiger partial charge on any atom is -0.480 e. The molecular weight excluding hydrogens is 365 g/mol. The van der Waals surface area contributed by atoms with Gasteiger partial charge >= 0.3 is 0 Å². The molecule has 0 saturated carbocycles. The zero-order valence-corrected chi connectivity index (χ0v) is 15.7. The molecule has 3 rings (SSSR count). The summed E-state index contributed by atoms with van der Waals surface area (Å²) in [5, 5.41) is 0. The minimum absolute atomic E-state index is 0.0287. The van der Waals surface area contributed by atoms with E-state index < -0.39 is 11.4 Å². The van der Waals surface area contributed by atoms with Crippen molar-refractivity contribution in [3.05, 3.63) is 58.9 Å². The van der Waals surface area contributed by atoms with Crippen LogP contribution in [0.15, 0.2) is 41.2 Å². The predicted octanol–water partition coefficient (Wildman–Crippen LogP) is 2.10. The molecule has 1 aliphatic heterocycles. The average molecular weight is 385 g/mol. The number of anilines is 1. The second-order valence-corrected chi connectivity index (χ2v) is 6.51. The Labute approximate surface area is 161 Å². The summed E-state index contributed by atoms with van der Waals surface area (Å²) in [5.74, 6) is -0.124. The number of Topliss-reactive ketones (excluding diaryl/α,β-unsaturated/α-hetero) is 1. The van der Waals surface area contributed by atoms with E-state index in [0.29, 0.717) is 11.3 Å². The highest BCUT2D eigenvalue weighted by molar-refractivity contribution is 5.99. The van der Waals surface area contributed by atoms with Crippen LogP contribution in [0.4, 0.5) is 10.2 Å². The molecule has 9 heteroatoms. The zero-order chi connectivity index (χ0) is 20.5. The summed E-state index contributed by atoms with van der Waals surface area (Å²) in [5.41, 5.74) is 11.3. The van der Waals surface area contributed by atoms with Crippen molar-refractivity contribution in [1.82, 2.24) is 9.97 Å². The van der Waals surface area contributed by atoms with Crippen LogP contribution in [-0.4, -0.2) is 28.9 Å². The molecule has 0 saturated heterocycles. The summed E-state index contributed by atoms with van der Waals surface area (Å²) in [7, 11) is 1.42. The quantitative estimate of drug-likeness (QED) is 0.755. The molecule has 1 atom stereocenters.